The monoisotopic (exact) mass is 229 g/mol. The average Bonchev–Trinajstić information content (AvgIpc) is 2.29. The Hall–Kier alpha value is -0.160. The number of rotatable bonds is 3. The van der Waals surface area contributed by atoms with E-state index in [9.17, 15) is 5.11 Å². The van der Waals surface area contributed by atoms with Crippen molar-refractivity contribution < 1.29 is 14.9 Å². The third kappa shape index (κ3) is 3.17. The molecule has 2 N–H and O–H groups in total. The molecule has 4 nitrogen and oxygen atoms in total. The third-order valence-electron chi connectivity index (χ3n) is 3.73. The van der Waals surface area contributed by atoms with E-state index in [0.29, 0.717) is 6.61 Å². The predicted molar refractivity (Wildman–Crippen MR) is 61.3 cm³/mol. The van der Waals surface area contributed by atoms with Crippen molar-refractivity contribution in [2.75, 3.05) is 32.8 Å². The van der Waals surface area contributed by atoms with Crippen LogP contribution in [0.2, 0.25) is 0 Å². The predicted octanol–water partition coefficient (Wildman–Crippen LogP) is 0.375. The van der Waals surface area contributed by atoms with Crippen molar-refractivity contribution in [1.82, 2.24) is 4.90 Å². The standard InChI is InChI=1S/C12H23NO3/c14-9-11-8-13(6-7-16-11)10-12(15)4-2-1-3-5-12/h11,14-15H,1-10H2. The van der Waals surface area contributed by atoms with Crippen LogP contribution in [0.25, 0.3) is 0 Å². The van der Waals surface area contributed by atoms with Crippen molar-refractivity contribution in [3.8, 4) is 0 Å². The van der Waals surface area contributed by atoms with Gasteiger partial charge in [0.15, 0.2) is 0 Å². The van der Waals surface area contributed by atoms with E-state index in [1.54, 1.807) is 0 Å². The van der Waals surface area contributed by atoms with Crippen LogP contribution in [0.4, 0.5) is 0 Å². The van der Waals surface area contributed by atoms with Gasteiger partial charge in [0.25, 0.3) is 0 Å². The molecule has 2 fully saturated rings. The van der Waals surface area contributed by atoms with E-state index in [1.807, 2.05) is 0 Å². The number of ether oxygens (including phenoxy) is 1. The highest BCUT2D eigenvalue weighted by Crippen LogP contribution is 2.29. The summed E-state index contributed by atoms with van der Waals surface area (Å²) >= 11 is 0. The number of aliphatic hydroxyl groups is 2. The fraction of sp³-hybridized carbons (Fsp3) is 1.00. The Bertz CT molecular complexity index is 216. The Labute approximate surface area is 97.2 Å². The molecule has 1 atom stereocenters. The summed E-state index contributed by atoms with van der Waals surface area (Å²) in [5.74, 6) is 0. The van der Waals surface area contributed by atoms with Gasteiger partial charge < -0.3 is 14.9 Å². The van der Waals surface area contributed by atoms with E-state index in [2.05, 4.69) is 4.90 Å². The average molecular weight is 229 g/mol. The lowest BCUT2D eigenvalue weighted by atomic mass is 9.84. The third-order valence-corrected chi connectivity index (χ3v) is 3.73. The first-order valence-corrected chi connectivity index (χ1v) is 6.39. The molecule has 2 aliphatic rings. The number of hydrogen-bond donors (Lipinski definition) is 2. The minimum atomic E-state index is -0.490. The molecule has 1 heterocycles. The highest BCUT2D eigenvalue weighted by molar-refractivity contribution is 4.87. The molecule has 0 spiro atoms. The van der Waals surface area contributed by atoms with E-state index in [1.165, 1.54) is 6.42 Å². The second kappa shape index (κ2) is 5.45. The first-order valence-electron chi connectivity index (χ1n) is 6.39. The SMILES string of the molecule is OCC1CN(CC2(O)CCCCC2)CCO1. The molecule has 94 valence electrons. The van der Waals surface area contributed by atoms with Gasteiger partial charge >= 0.3 is 0 Å². The van der Waals surface area contributed by atoms with Gasteiger partial charge in [-0.1, -0.05) is 19.3 Å². The lowest BCUT2D eigenvalue weighted by Crippen LogP contribution is -2.51. The zero-order chi connectivity index (χ0) is 11.4. The van der Waals surface area contributed by atoms with Gasteiger partial charge in [-0.3, -0.25) is 4.90 Å². The van der Waals surface area contributed by atoms with Crippen molar-refractivity contribution in [3.63, 3.8) is 0 Å². The molecule has 1 saturated heterocycles. The van der Waals surface area contributed by atoms with Crippen LogP contribution < -0.4 is 0 Å². The molecular formula is C12H23NO3. The highest BCUT2D eigenvalue weighted by atomic mass is 16.5. The number of hydrogen-bond acceptors (Lipinski definition) is 4. The van der Waals surface area contributed by atoms with Crippen molar-refractivity contribution >= 4 is 0 Å². The summed E-state index contributed by atoms with van der Waals surface area (Å²) in [6, 6.07) is 0. The van der Waals surface area contributed by atoms with E-state index in [-0.39, 0.29) is 12.7 Å². The quantitative estimate of drug-likeness (QED) is 0.734. The smallest absolute Gasteiger partial charge is 0.0932 e. The summed E-state index contributed by atoms with van der Waals surface area (Å²) in [5, 5.41) is 19.5. The molecule has 1 saturated carbocycles. The lowest BCUT2D eigenvalue weighted by molar-refractivity contribution is -0.0870. The fourth-order valence-electron chi connectivity index (χ4n) is 2.82. The lowest BCUT2D eigenvalue weighted by Gasteiger charge is -2.40. The molecule has 4 heteroatoms. The van der Waals surface area contributed by atoms with Crippen LogP contribution in [-0.4, -0.2) is 59.7 Å². The van der Waals surface area contributed by atoms with Gasteiger partial charge in [0.1, 0.15) is 0 Å². The minimum absolute atomic E-state index is 0.0686. The number of nitrogens with zero attached hydrogens (tertiary/aromatic N) is 1. The van der Waals surface area contributed by atoms with Crippen molar-refractivity contribution in [1.29, 1.82) is 0 Å². The Morgan fingerprint density at radius 3 is 2.69 bits per heavy atom. The van der Waals surface area contributed by atoms with Crippen LogP contribution in [0, 0.1) is 0 Å². The first kappa shape index (κ1) is 12.3. The molecule has 2 rings (SSSR count). The van der Waals surface area contributed by atoms with Gasteiger partial charge in [0, 0.05) is 19.6 Å². The van der Waals surface area contributed by atoms with E-state index in [0.717, 1.165) is 45.3 Å². The zero-order valence-electron chi connectivity index (χ0n) is 9.90. The topological polar surface area (TPSA) is 52.9 Å². The first-order chi connectivity index (χ1) is 7.72. The summed E-state index contributed by atoms with van der Waals surface area (Å²) < 4.78 is 5.41. The van der Waals surface area contributed by atoms with Crippen LogP contribution in [0.1, 0.15) is 32.1 Å². The number of morpholine rings is 1. The Kier molecular flexibility index (Phi) is 4.19. The molecule has 0 aromatic rings. The van der Waals surface area contributed by atoms with Crippen LogP contribution in [0.15, 0.2) is 0 Å². The number of aliphatic hydroxyl groups excluding tert-OH is 1. The Balaban J connectivity index is 1.83. The second-order valence-electron chi connectivity index (χ2n) is 5.20. The summed E-state index contributed by atoms with van der Waals surface area (Å²) in [6.45, 7) is 3.11. The molecular weight excluding hydrogens is 206 g/mol. The molecule has 0 aromatic heterocycles. The van der Waals surface area contributed by atoms with Crippen LogP contribution >= 0.6 is 0 Å². The van der Waals surface area contributed by atoms with Gasteiger partial charge in [0.05, 0.1) is 24.9 Å². The van der Waals surface area contributed by atoms with Gasteiger partial charge in [-0.2, -0.15) is 0 Å². The van der Waals surface area contributed by atoms with Crippen LogP contribution in [0.3, 0.4) is 0 Å². The van der Waals surface area contributed by atoms with E-state index in [4.69, 9.17) is 9.84 Å². The van der Waals surface area contributed by atoms with Gasteiger partial charge in [-0.05, 0) is 12.8 Å². The van der Waals surface area contributed by atoms with E-state index < -0.39 is 5.60 Å². The van der Waals surface area contributed by atoms with Crippen LogP contribution in [-0.2, 0) is 4.74 Å². The Morgan fingerprint density at radius 2 is 2.00 bits per heavy atom. The van der Waals surface area contributed by atoms with Crippen molar-refractivity contribution in [2.45, 2.75) is 43.8 Å². The zero-order valence-corrected chi connectivity index (χ0v) is 9.90. The maximum atomic E-state index is 10.4. The van der Waals surface area contributed by atoms with Crippen LogP contribution in [0.5, 0.6) is 0 Å². The Morgan fingerprint density at radius 1 is 1.25 bits per heavy atom. The fourth-order valence-corrected chi connectivity index (χ4v) is 2.82. The summed E-state index contributed by atoms with van der Waals surface area (Å²) in [5.41, 5.74) is -0.490. The summed E-state index contributed by atoms with van der Waals surface area (Å²) in [4.78, 5) is 2.23. The second-order valence-corrected chi connectivity index (χ2v) is 5.20. The van der Waals surface area contributed by atoms with Crippen molar-refractivity contribution in [3.05, 3.63) is 0 Å². The maximum Gasteiger partial charge on any atom is 0.0932 e. The highest BCUT2D eigenvalue weighted by Gasteiger charge is 2.33. The molecule has 0 radical (unpaired) electrons. The molecule has 0 amide bonds. The molecule has 0 bridgehead atoms. The molecule has 16 heavy (non-hydrogen) atoms. The molecule has 1 aliphatic heterocycles. The van der Waals surface area contributed by atoms with Gasteiger partial charge in [-0.15, -0.1) is 0 Å². The molecule has 0 aromatic carbocycles. The van der Waals surface area contributed by atoms with Crippen molar-refractivity contribution in [2.24, 2.45) is 0 Å². The van der Waals surface area contributed by atoms with Gasteiger partial charge in [-0.25, -0.2) is 0 Å². The molecule has 1 unspecified atom stereocenters. The minimum Gasteiger partial charge on any atom is -0.394 e. The van der Waals surface area contributed by atoms with E-state index >= 15 is 0 Å². The maximum absolute atomic E-state index is 10.4. The normalized spacial score (nSPS) is 31.5. The summed E-state index contributed by atoms with van der Waals surface area (Å²) in [7, 11) is 0. The largest absolute Gasteiger partial charge is 0.394 e. The molecule has 1 aliphatic carbocycles. The summed E-state index contributed by atoms with van der Waals surface area (Å²) in [6.07, 6.45) is 5.32. The number of β-amino-alcohol motifs (C(OH)–C–C–N with tert-alkyl or cyclic N) is 1. The van der Waals surface area contributed by atoms with Gasteiger partial charge in [0.2, 0.25) is 0 Å².